The number of rotatable bonds is 4. The predicted octanol–water partition coefficient (Wildman–Crippen LogP) is 13.1. The van der Waals surface area contributed by atoms with Gasteiger partial charge in [-0.2, -0.15) is 0 Å². The molecule has 0 atom stereocenters. The molecule has 0 amide bonds. The molecular weight excluding hydrogens is 853 g/mol. The van der Waals surface area contributed by atoms with Crippen molar-refractivity contribution in [2.24, 2.45) is 0 Å². The number of aryl methyl sites for hydroxylation is 1. The standard InChI is InChI=1S/C33H22NO.C17H10NO.Ir/c1-21-20-34-30(19-25(21)17-22-7-3-2-4-8-22)24-12-15-31-29(18-24)33-28-13-11-23-9-5-6-10-26(23)27(28)14-16-32(33)35-31;1-2-10-16-12(6-1)13-7-5-8-14(17(13)19-16)15-9-3-4-11-18-15;/h2-11,13-16,18-20H,17H2,1H3;1-7,9-11H;/q2*-1;/i1D3,17D2;;. The van der Waals surface area contributed by atoms with Crippen LogP contribution in [0.25, 0.3) is 87.9 Å². The summed E-state index contributed by atoms with van der Waals surface area (Å²) >= 11 is 0. The van der Waals surface area contributed by atoms with E-state index in [4.69, 9.17) is 15.7 Å². The quantitative estimate of drug-likeness (QED) is 0.130. The van der Waals surface area contributed by atoms with E-state index in [-0.39, 0.29) is 31.2 Å². The van der Waals surface area contributed by atoms with Crippen LogP contribution in [0.15, 0.2) is 173 Å². The van der Waals surface area contributed by atoms with Gasteiger partial charge in [0.2, 0.25) is 0 Å². The van der Waals surface area contributed by atoms with E-state index in [1.54, 1.807) is 48.7 Å². The zero-order valence-electron chi connectivity index (χ0n) is 34.1. The van der Waals surface area contributed by atoms with Crippen molar-refractivity contribution in [2.45, 2.75) is 13.2 Å². The molecule has 0 unspecified atom stereocenters. The van der Waals surface area contributed by atoms with Crippen LogP contribution in [-0.2, 0) is 26.5 Å². The van der Waals surface area contributed by atoms with E-state index in [9.17, 15) is 0 Å². The molecule has 0 aliphatic carbocycles. The van der Waals surface area contributed by atoms with Crippen molar-refractivity contribution in [3.63, 3.8) is 0 Å². The molecule has 4 aromatic heterocycles. The Labute approximate surface area is 338 Å². The van der Waals surface area contributed by atoms with Crippen LogP contribution in [0.3, 0.4) is 0 Å². The Balaban J connectivity index is 0.000000193. The minimum atomic E-state index is -2.53. The molecule has 4 heterocycles. The van der Waals surface area contributed by atoms with Crippen LogP contribution in [0.2, 0.25) is 0 Å². The Kier molecular flexibility index (Phi) is 7.63. The molecule has 0 spiro atoms. The van der Waals surface area contributed by atoms with Gasteiger partial charge in [-0.05, 0) is 81.0 Å². The molecule has 265 valence electrons. The molecule has 7 aromatic carbocycles. The first-order valence-corrected chi connectivity index (χ1v) is 17.6. The van der Waals surface area contributed by atoms with Crippen LogP contribution in [0, 0.1) is 19.0 Å². The van der Waals surface area contributed by atoms with Gasteiger partial charge in [-0.25, -0.2) is 0 Å². The maximum absolute atomic E-state index is 8.92. The molecule has 1 radical (unpaired) electrons. The number of aromatic nitrogens is 2. The fraction of sp³-hybridized carbons (Fsp3) is 0.0400. The van der Waals surface area contributed by atoms with Gasteiger partial charge in [0.1, 0.15) is 11.2 Å². The van der Waals surface area contributed by atoms with Gasteiger partial charge in [-0.3, -0.25) is 0 Å². The number of benzene rings is 7. The van der Waals surface area contributed by atoms with Gasteiger partial charge in [0.15, 0.2) is 0 Å². The molecule has 11 aromatic rings. The van der Waals surface area contributed by atoms with Gasteiger partial charge >= 0.3 is 0 Å². The minimum Gasteiger partial charge on any atom is -0.501 e. The van der Waals surface area contributed by atoms with Gasteiger partial charge in [-0.15, -0.1) is 42.0 Å². The van der Waals surface area contributed by atoms with Crippen molar-refractivity contribution in [1.29, 1.82) is 0 Å². The third-order valence-electron chi connectivity index (χ3n) is 9.78. The van der Waals surface area contributed by atoms with E-state index in [0.717, 1.165) is 71.1 Å². The second-order valence-electron chi connectivity index (χ2n) is 13.1. The largest absolute Gasteiger partial charge is 0.501 e. The van der Waals surface area contributed by atoms with Crippen molar-refractivity contribution < 1.29 is 35.8 Å². The zero-order valence-corrected chi connectivity index (χ0v) is 31.5. The van der Waals surface area contributed by atoms with Gasteiger partial charge in [0.05, 0.1) is 11.2 Å². The van der Waals surface area contributed by atoms with E-state index in [1.165, 1.54) is 6.20 Å². The van der Waals surface area contributed by atoms with Crippen LogP contribution in [-0.4, -0.2) is 9.97 Å². The number of fused-ring (bicyclic) bond motifs is 10. The summed E-state index contributed by atoms with van der Waals surface area (Å²) in [5, 5.41) is 8.62. The Morgan fingerprint density at radius 3 is 2.31 bits per heavy atom. The van der Waals surface area contributed by atoms with Crippen molar-refractivity contribution >= 4 is 65.4 Å². The van der Waals surface area contributed by atoms with Crippen LogP contribution in [0.5, 0.6) is 0 Å². The van der Waals surface area contributed by atoms with Crippen LogP contribution < -0.4 is 0 Å². The molecule has 0 saturated heterocycles. The van der Waals surface area contributed by atoms with Gasteiger partial charge in [-0.1, -0.05) is 126 Å². The molecule has 0 bridgehead atoms. The second kappa shape index (κ2) is 14.4. The fourth-order valence-corrected chi connectivity index (χ4v) is 7.23. The Bertz CT molecular complexity index is 3360. The number of furan rings is 2. The van der Waals surface area contributed by atoms with Gasteiger partial charge in [0, 0.05) is 50.1 Å². The first-order valence-electron chi connectivity index (χ1n) is 20.1. The molecule has 4 nitrogen and oxygen atoms in total. The Morgan fingerprint density at radius 2 is 1.44 bits per heavy atom. The first kappa shape index (κ1) is 29.0. The van der Waals surface area contributed by atoms with Gasteiger partial charge < -0.3 is 18.8 Å². The third-order valence-corrected chi connectivity index (χ3v) is 9.78. The zero-order chi connectivity index (χ0) is 40.3. The van der Waals surface area contributed by atoms with E-state index < -0.39 is 13.2 Å². The summed E-state index contributed by atoms with van der Waals surface area (Å²) in [5.74, 6) is 0. The summed E-state index contributed by atoms with van der Waals surface area (Å²) in [5.41, 5.74) is 6.35. The molecule has 0 N–H and O–H groups in total. The van der Waals surface area contributed by atoms with Crippen LogP contribution in [0.1, 0.15) is 23.5 Å². The van der Waals surface area contributed by atoms with Crippen molar-refractivity contribution in [1.82, 2.24) is 9.97 Å². The second-order valence-corrected chi connectivity index (χ2v) is 13.1. The monoisotopic (exact) mass is 890 g/mol. The summed E-state index contributed by atoms with van der Waals surface area (Å²) in [4.78, 5) is 8.85. The first-order chi connectivity index (χ1) is 28.6. The maximum Gasteiger partial charge on any atom is 0.121 e. The number of pyridine rings is 2. The van der Waals surface area contributed by atoms with E-state index in [0.29, 0.717) is 22.4 Å². The van der Waals surface area contributed by atoms with E-state index in [1.807, 2.05) is 72.8 Å². The number of nitrogens with zero attached hydrogens (tertiary/aromatic N) is 2. The van der Waals surface area contributed by atoms with E-state index in [2.05, 4.69) is 58.5 Å². The average molecular weight is 890 g/mol. The summed E-state index contributed by atoms with van der Waals surface area (Å²) in [6.45, 7) is -2.53. The molecule has 5 heteroatoms. The normalized spacial score (nSPS) is 13.1. The number of para-hydroxylation sites is 1. The molecule has 0 fully saturated rings. The van der Waals surface area contributed by atoms with Crippen LogP contribution in [0.4, 0.5) is 0 Å². The molecule has 11 rings (SSSR count). The number of hydrogen-bond donors (Lipinski definition) is 0. The summed E-state index contributed by atoms with van der Waals surface area (Å²) in [6.07, 6.45) is 1.00. The molecule has 0 aliphatic rings. The summed E-state index contributed by atoms with van der Waals surface area (Å²) in [6, 6.07) is 54.7. The van der Waals surface area contributed by atoms with Gasteiger partial charge in [0.25, 0.3) is 0 Å². The molecule has 0 saturated carbocycles. The SMILES string of the molecule is [2H]C([2H])([2H])c1cnc(-c2[c-]cc3oc4ccc5c6ccccc6ccc5c4c3c2)cc1C([2H])([2H])c1ccccc1.[Ir].[c-]1ccc2c(oc3ccccc32)c1-c1ccccn1. The summed E-state index contributed by atoms with van der Waals surface area (Å²) in [7, 11) is 0. The van der Waals surface area contributed by atoms with Crippen LogP contribution >= 0.6 is 0 Å². The van der Waals surface area contributed by atoms with Crippen molar-refractivity contribution in [3.05, 3.63) is 193 Å². The topological polar surface area (TPSA) is 52.1 Å². The summed E-state index contributed by atoms with van der Waals surface area (Å²) < 4.78 is 54.1. The number of hydrogen-bond acceptors (Lipinski definition) is 4. The fourth-order valence-electron chi connectivity index (χ4n) is 7.23. The van der Waals surface area contributed by atoms with Crippen molar-refractivity contribution in [2.75, 3.05) is 0 Å². The van der Waals surface area contributed by atoms with E-state index >= 15 is 0 Å². The average Bonchev–Trinajstić information content (AvgIpc) is 3.85. The predicted molar refractivity (Wildman–Crippen MR) is 221 cm³/mol. The molecular formula is C50H32IrN2O2-2. The van der Waals surface area contributed by atoms with Crippen molar-refractivity contribution in [3.8, 4) is 22.5 Å². The maximum atomic E-state index is 8.92. The smallest absolute Gasteiger partial charge is 0.121 e. The third kappa shape index (κ3) is 6.28. The molecule has 55 heavy (non-hydrogen) atoms. The minimum absolute atomic E-state index is 0. The Morgan fingerprint density at radius 1 is 0.618 bits per heavy atom. The molecule has 0 aliphatic heterocycles. The Hall–Kier alpha value is -6.39.